The second-order valence-electron chi connectivity index (χ2n) is 1.64. The number of hydrogen-bond donors (Lipinski definition) is 2. The lowest BCUT2D eigenvalue weighted by Gasteiger charge is -2.05. The molecule has 0 aromatic rings. The van der Waals surface area contributed by atoms with Crippen LogP contribution >= 0.6 is 0 Å². The Morgan fingerprint density at radius 3 is 2.78 bits per heavy atom. The predicted octanol–water partition coefficient (Wildman–Crippen LogP) is 0.225. The maximum Gasteiger partial charge on any atom is 0.303 e. The third-order valence-corrected chi connectivity index (χ3v) is 1.19. The second kappa shape index (κ2) is 4.87. The maximum absolute atomic E-state index is 9.89. The first kappa shape index (κ1) is 9.03. The highest BCUT2D eigenvalue weighted by Crippen LogP contribution is 1.95. The van der Waals surface area contributed by atoms with E-state index in [1.54, 1.807) is 0 Å². The van der Waals surface area contributed by atoms with Crippen molar-refractivity contribution in [1.82, 2.24) is 0 Å². The van der Waals surface area contributed by atoms with Crippen molar-refractivity contribution in [1.29, 1.82) is 0 Å². The van der Waals surface area contributed by atoms with Crippen LogP contribution in [0.15, 0.2) is 0 Å². The fraction of sp³-hybridized carbons (Fsp3) is 1.00. The van der Waals surface area contributed by atoms with Crippen LogP contribution in [0.2, 0.25) is 0 Å². The number of rotatable bonds is 4. The molecule has 0 saturated carbocycles. The Kier molecular flexibility index (Phi) is 4.88. The van der Waals surface area contributed by atoms with Crippen LogP contribution in [-0.2, 0) is 15.5 Å². The molecule has 3 N–H and O–H groups in total. The second-order valence-corrected chi connectivity index (χ2v) is 2.27. The summed E-state index contributed by atoms with van der Waals surface area (Å²) in [7, 11) is 0. The average Bonchev–Trinajstić information content (AvgIpc) is 1.63. The fourth-order valence-corrected chi connectivity index (χ4v) is 0.746. The van der Waals surface area contributed by atoms with E-state index < -0.39 is 17.6 Å². The molecule has 2 atom stereocenters. The Labute approximate surface area is 56.9 Å². The first-order valence-electron chi connectivity index (χ1n) is 2.70. The predicted molar refractivity (Wildman–Crippen MR) is 34.7 cm³/mol. The summed E-state index contributed by atoms with van der Waals surface area (Å²) >= 11 is -2.22. The van der Waals surface area contributed by atoms with E-state index in [0.717, 1.165) is 6.42 Å². The summed E-state index contributed by atoms with van der Waals surface area (Å²) in [6.45, 7) is 1.92. The quantitative estimate of drug-likeness (QED) is 0.448. The highest BCUT2D eigenvalue weighted by Gasteiger charge is 2.02. The van der Waals surface area contributed by atoms with E-state index in [-0.39, 0.29) is 0 Å². The van der Waals surface area contributed by atoms with Crippen molar-refractivity contribution in [2.24, 2.45) is 5.73 Å². The summed E-state index contributed by atoms with van der Waals surface area (Å²) in [4.78, 5) is 0. The maximum atomic E-state index is 9.89. The molecule has 0 amide bonds. The lowest BCUT2D eigenvalue weighted by molar-refractivity contribution is 0.200. The highest BCUT2D eigenvalue weighted by atomic mass is 32.2. The van der Waals surface area contributed by atoms with E-state index >= 15 is 0 Å². The smallest absolute Gasteiger partial charge is 0.303 e. The van der Waals surface area contributed by atoms with Gasteiger partial charge < -0.3 is 5.73 Å². The minimum atomic E-state index is -2.22. The van der Waals surface area contributed by atoms with Crippen LogP contribution in [0.4, 0.5) is 0 Å². The van der Waals surface area contributed by atoms with E-state index in [2.05, 4.69) is 4.18 Å². The van der Waals surface area contributed by atoms with E-state index in [0.29, 0.717) is 6.42 Å². The molecular formula is C4H11NO3S. The van der Waals surface area contributed by atoms with Crippen molar-refractivity contribution in [3.8, 4) is 0 Å². The van der Waals surface area contributed by atoms with Gasteiger partial charge in [0.1, 0.15) is 6.23 Å². The normalized spacial score (nSPS) is 17.2. The van der Waals surface area contributed by atoms with E-state index in [1.165, 1.54) is 0 Å². The minimum Gasteiger partial charge on any atom is -0.305 e. The van der Waals surface area contributed by atoms with E-state index in [4.69, 9.17) is 10.3 Å². The van der Waals surface area contributed by atoms with Crippen LogP contribution in [0.1, 0.15) is 19.8 Å². The zero-order chi connectivity index (χ0) is 7.28. The van der Waals surface area contributed by atoms with Crippen LogP contribution in [0.5, 0.6) is 0 Å². The summed E-state index contributed by atoms with van der Waals surface area (Å²) in [6.07, 6.45) is 0.839. The Morgan fingerprint density at radius 1 is 1.89 bits per heavy atom. The lowest BCUT2D eigenvalue weighted by Crippen LogP contribution is -2.24. The SMILES string of the molecule is CCCC(N)OS(=O)O. The van der Waals surface area contributed by atoms with Crippen molar-refractivity contribution in [2.45, 2.75) is 26.0 Å². The van der Waals surface area contributed by atoms with Gasteiger partial charge in [-0.3, -0.25) is 4.55 Å². The van der Waals surface area contributed by atoms with Crippen molar-refractivity contribution in [2.75, 3.05) is 0 Å². The van der Waals surface area contributed by atoms with Gasteiger partial charge in [-0.15, -0.1) is 0 Å². The molecule has 0 spiro atoms. The molecule has 0 bridgehead atoms. The van der Waals surface area contributed by atoms with Crippen LogP contribution in [0, 0.1) is 0 Å². The molecule has 0 aliphatic heterocycles. The first-order valence-corrected chi connectivity index (χ1v) is 3.73. The van der Waals surface area contributed by atoms with Crippen molar-refractivity contribution < 1.29 is 12.9 Å². The van der Waals surface area contributed by atoms with Gasteiger partial charge >= 0.3 is 11.4 Å². The summed E-state index contributed by atoms with van der Waals surface area (Å²) in [5, 5.41) is 0. The van der Waals surface area contributed by atoms with E-state index in [1.807, 2.05) is 6.92 Å². The molecular weight excluding hydrogens is 142 g/mol. The summed E-state index contributed by atoms with van der Waals surface area (Å²) < 4.78 is 22.3. The minimum absolute atomic E-state index is 0.603. The molecule has 0 aromatic heterocycles. The Balaban J connectivity index is 3.26. The molecule has 0 aromatic carbocycles. The molecule has 4 nitrogen and oxygen atoms in total. The van der Waals surface area contributed by atoms with Gasteiger partial charge in [-0.2, -0.15) is 4.21 Å². The first-order chi connectivity index (χ1) is 4.16. The molecule has 56 valence electrons. The summed E-state index contributed by atoms with van der Waals surface area (Å²) in [6, 6.07) is 0. The molecule has 0 fully saturated rings. The number of nitrogens with two attached hydrogens (primary N) is 1. The largest absolute Gasteiger partial charge is 0.305 e. The topological polar surface area (TPSA) is 72.5 Å². The zero-order valence-corrected chi connectivity index (χ0v) is 6.06. The standard InChI is InChI=1S/C4H11NO3S/c1-2-3-4(5)8-9(6)7/h4H,2-3,5H2,1H3,(H,6,7). The lowest BCUT2D eigenvalue weighted by atomic mass is 10.3. The van der Waals surface area contributed by atoms with Gasteiger partial charge in [0.05, 0.1) is 0 Å². The van der Waals surface area contributed by atoms with Crippen molar-refractivity contribution in [3.05, 3.63) is 0 Å². The van der Waals surface area contributed by atoms with Gasteiger partial charge in [0, 0.05) is 0 Å². The van der Waals surface area contributed by atoms with Gasteiger partial charge in [0.25, 0.3) is 0 Å². The summed E-state index contributed by atoms with van der Waals surface area (Å²) in [5.41, 5.74) is 5.21. The number of hydrogen-bond acceptors (Lipinski definition) is 3. The average molecular weight is 153 g/mol. The van der Waals surface area contributed by atoms with Crippen LogP contribution in [0.3, 0.4) is 0 Å². The zero-order valence-electron chi connectivity index (χ0n) is 5.24. The van der Waals surface area contributed by atoms with Gasteiger partial charge in [-0.1, -0.05) is 13.3 Å². The van der Waals surface area contributed by atoms with Crippen LogP contribution in [0.25, 0.3) is 0 Å². The third-order valence-electron chi connectivity index (χ3n) is 0.779. The van der Waals surface area contributed by atoms with Gasteiger partial charge in [0.15, 0.2) is 0 Å². The van der Waals surface area contributed by atoms with Crippen molar-refractivity contribution >= 4 is 11.4 Å². The molecule has 5 heteroatoms. The Hall–Kier alpha value is 0.0300. The molecule has 0 heterocycles. The Morgan fingerprint density at radius 2 is 2.44 bits per heavy atom. The van der Waals surface area contributed by atoms with Gasteiger partial charge in [-0.05, 0) is 6.42 Å². The monoisotopic (exact) mass is 153 g/mol. The van der Waals surface area contributed by atoms with Crippen LogP contribution < -0.4 is 5.73 Å². The molecule has 0 radical (unpaired) electrons. The van der Waals surface area contributed by atoms with Crippen LogP contribution in [-0.4, -0.2) is 15.0 Å². The molecule has 0 saturated heterocycles. The molecule has 0 aliphatic rings. The molecule has 0 aliphatic carbocycles. The Bertz CT molecular complexity index is 97.8. The molecule has 9 heavy (non-hydrogen) atoms. The van der Waals surface area contributed by atoms with Gasteiger partial charge in [0.2, 0.25) is 0 Å². The van der Waals surface area contributed by atoms with Gasteiger partial charge in [-0.25, -0.2) is 4.18 Å². The third kappa shape index (κ3) is 5.91. The fourth-order valence-electron chi connectivity index (χ4n) is 0.438. The summed E-state index contributed by atoms with van der Waals surface area (Å²) in [5.74, 6) is 0. The highest BCUT2D eigenvalue weighted by molar-refractivity contribution is 7.74. The molecule has 0 rings (SSSR count). The van der Waals surface area contributed by atoms with Crippen molar-refractivity contribution in [3.63, 3.8) is 0 Å². The molecule has 2 unspecified atom stereocenters. The van der Waals surface area contributed by atoms with E-state index in [9.17, 15) is 4.21 Å².